The normalized spacial score (nSPS) is 24.0. The number of hydrogen-bond donors (Lipinski definition) is 0. The summed E-state index contributed by atoms with van der Waals surface area (Å²) in [7, 11) is 2.19. The Morgan fingerprint density at radius 3 is 2.76 bits per heavy atom. The van der Waals surface area contributed by atoms with Crippen molar-refractivity contribution in [3.05, 3.63) is 11.5 Å². The van der Waals surface area contributed by atoms with Gasteiger partial charge in [0.15, 0.2) is 5.65 Å². The van der Waals surface area contributed by atoms with Gasteiger partial charge in [-0.05, 0) is 39.8 Å². The van der Waals surface area contributed by atoms with Crippen LogP contribution in [-0.4, -0.2) is 44.4 Å². The second-order valence-corrected chi connectivity index (χ2v) is 6.47. The third kappa shape index (κ3) is 2.36. The summed E-state index contributed by atoms with van der Waals surface area (Å²) in [5.41, 5.74) is 3.16. The van der Waals surface area contributed by atoms with E-state index in [0.29, 0.717) is 17.8 Å². The van der Waals surface area contributed by atoms with E-state index in [9.17, 15) is 0 Å². The van der Waals surface area contributed by atoms with Gasteiger partial charge in [0, 0.05) is 19.1 Å². The van der Waals surface area contributed by atoms with Crippen LogP contribution in [0.5, 0.6) is 0 Å². The summed E-state index contributed by atoms with van der Waals surface area (Å²) >= 11 is 6.18. The van der Waals surface area contributed by atoms with E-state index in [0.717, 1.165) is 48.7 Å². The highest BCUT2D eigenvalue weighted by Gasteiger charge is 2.30. The van der Waals surface area contributed by atoms with E-state index in [4.69, 9.17) is 16.6 Å². The minimum atomic E-state index is 0.455. The van der Waals surface area contributed by atoms with E-state index in [-0.39, 0.29) is 0 Å². The van der Waals surface area contributed by atoms with Gasteiger partial charge in [-0.2, -0.15) is 5.10 Å². The Bertz CT molecular complexity index is 644. The molecule has 21 heavy (non-hydrogen) atoms. The van der Waals surface area contributed by atoms with Crippen LogP contribution in [0.1, 0.15) is 37.8 Å². The van der Waals surface area contributed by atoms with Crippen LogP contribution in [0, 0.1) is 12.8 Å². The molecule has 2 aromatic heterocycles. The molecule has 0 amide bonds. The predicted octanol–water partition coefficient (Wildman–Crippen LogP) is 2.81. The SMILES string of the molecule is CCn1nc(C)c2nc(CCl)n(C3CCN(C)CC3C)c21. The van der Waals surface area contributed by atoms with E-state index in [1.165, 1.54) is 0 Å². The van der Waals surface area contributed by atoms with Crippen LogP contribution >= 0.6 is 11.6 Å². The quantitative estimate of drug-likeness (QED) is 0.818. The summed E-state index contributed by atoms with van der Waals surface area (Å²) in [4.78, 5) is 7.16. The number of aromatic nitrogens is 4. The number of nitrogens with zero attached hydrogens (tertiary/aromatic N) is 5. The van der Waals surface area contributed by atoms with Gasteiger partial charge in [-0.25, -0.2) is 9.67 Å². The summed E-state index contributed by atoms with van der Waals surface area (Å²) in [6, 6.07) is 0.460. The molecule has 0 saturated carbocycles. The second kappa shape index (κ2) is 5.61. The van der Waals surface area contributed by atoms with Crippen molar-refractivity contribution in [3.8, 4) is 0 Å². The zero-order chi connectivity index (χ0) is 15.1. The van der Waals surface area contributed by atoms with Gasteiger partial charge in [0.25, 0.3) is 0 Å². The minimum Gasteiger partial charge on any atom is -0.308 e. The van der Waals surface area contributed by atoms with Gasteiger partial charge in [-0.15, -0.1) is 11.6 Å². The summed E-state index contributed by atoms with van der Waals surface area (Å²) in [6.45, 7) is 9.58. The number of fused-ring (bicyclic) bond motifs is 1. The molecule has 5 nitrogen and oxygen atoms in total. The van der Waals surface area contributed by atoms with Crippen molar-refractivity contribution in [2.24, 2.45) is 5.92 Å². The van der Waals surface area contributed by atoms with E-state index >= 15 is 0 Å². The Balaban J connectivity index is 2.15. The lowest BCUT2D eigenvalue weighted by molar-refractivity contribution is 0.159. The molecular formula is C15H24ClN5. The van der Waals surface area contributed by atoms with E-state index in [1.807, 2.05) is 6.92 Å². The number of alkyl halides is 1. The highest BCUT2D eigenvalue weighted by Crippen LogP contribution is 2.33. The Hall–Kier alpha value is -1.07. The number of aryl methyl sites for hydroxylation is 2. The lowest BCUT2D eigenvalue weighted by Gasteiger charge is -2.36. The third-order valence-electron chi connectivity index (χ3n) is 4.63. The first kappa shape index (κ1) is 14.9. The molecule has 0 aromatic carbocycles. The Morgan fingerprint density at radius 2 is 2.14 bits per heavy atom. The molecule has 0 radical (unpaired) electrons. The van der Waals surface area contributed by atoms with Crippen LogP contribution in [0.25, 0.3) is 11.2 Å². The molecule has 1 fully saturated rings. The first-order valence-corrected chi connectivity index (χ1v) is 8.29. The van der Waals surface area contributed by atoms with Crippen molar-refractivity contribution >= 4 is 22.8 Å². The standard InChI is InChI=1S/C15H24ClN5/c1-5-20-15-14(11(3)18-20)17-13(8-16)21(15)12-6-7-19(4)9-10(12)2/h10,12H,5-9H2,1-4H3. The van der Waals surface area contributed by atoms with Crippen molar-refractivity contribution < 1.29 is 0 Å². The molecule has 2 atom stereocenters. The Kier molecular flexibility index (Phi) is 3.97. The van der Waals surface area contributed by atoms with Crippen molar-refractivity contribution in [2.75, 3.05) is 20.1 Å². The molecular weight excluding hydrogens is 286 g/mol. The highest BCUT2D eigenvalue weighted by molar-refractivity contribution is 6.16. The molecule has 0 spiro atoms. The maximum absolute atomic E-state index is 6.18. The molecule has 6 heteroatoms. The van der Waals surface area contributed by atoms with E-state index in [2.05, 4.69) is 40.1 Å². The fraction of sp³-hybridized carbons (Fsp3) is 0.733. The lowest BCUT2D eigenvalue weighted by atomic mass is 9.94. The van der Waals surface area contributed by atoms with Crippen molar-refractivity contribution in [2.45, 2.75) is 45.7 Å². The number of likely N-dealkylation sites (tertiary alicyclic amines) is 1. The zero-order valence-corrected chi connectivity index (χ0v) is 14.1. The largest absolute Gasteiger partial charge is 0.308 e. The average Bonchev–Trinajstić information content (AvgIpc) is 2.97. The number of piperidine rings is 1. The minimum absolute atomic E-state index is 0.455. The highest BCUT2D eigenvalue weighted by atomic mass is 35.5. The van der Waals surface area contributed by atoms with Gasteiger partial charge in [0.1, 0.15) is 11.3 Å². The molecule has 3 rings (SSSR count). The fourth-order valence-corrected chi connectivity index (χ4v) is 3.81. The van der Waals surface area contributed by atoms with Crippen LogP contribution in [0.4, 0.5) is 0 Å². The Morgan fingerprint density at radius 1 is 1.38 bits per heavy atom. The molecule has 2 unspecified atom stereocenters. The predicted molar refractivity (Wildman–Crippen MR) is 85.8 cm³/mol. The van der Waals surface area contributed by atoms with E-state index < -0.39 is 0 Å². The van der Waals surface area contributed by atoms with Gasteiger partial charge >= 0.3 is 0 Å². The molecule has 2 aromatic rings. The van der Waals surface area contributed by atoms with Gasteiger partial charge in [0.05, 0.1) is 11.6 Å². The van der Waals surface area contributed by atoms with Gasteiger partial charge in [0.2, 0.25) is 0 Å². The smallest absolute Gasteiger partial charge is 0.159 e. The number of rotatable bonds is 3. The van der Waals surface area contributed by atoms with Crippen LogP contribution < -0.4 is 0 Å². The molecule has 1 aliphatic rings. The molecule has 3 heterocycles. The maximum Gasteiger partial charge on any atom is 0.159 e. The number of imidazole rings is 1. The summed E-state index contributed by atoms with van der Waals surface area (Å²) in [5, 5.41) is 4.62. The van der Waals surface area contributed by atoms with Crippen molar-refractivity contribution in [1.82, 2.24) is 24.2 Å². The zero-order valence-electron chi connectivity index (χ0n) is 13.3. The van der Waals surface area contributed by atoms with Crippen LogP contribution in [0.3, 0.4) is 0 Å². The fourth-order valence-electron chi connectivity index (χ4n) is 3.62. The second-order valence-electron chi connectivity index (χ2n) is 6.20. The number of halogens is 1. The molecule has 0 N–H and O–H groups in total. The molecule has 0 aliphatic carbocycles. The van der Waals surface area contributed by atoms with Crippen LogP contribution in [0.15, 0.2) is 0 Å². The van der Waals surface area contributed by atoms with Crippen molar-refractivity contribution in [3.63, 3.8) is 0 Å². The third-order valence-corrected chi connectivity index (χ3v) is 4.87. The maximum atomic E-state index is 6.18. The molecule has 1 aliphatic heterocycles. The monoisotopic (exact) mass is 309 g/mol. The van der Waals surface area contributed by atoms with Crippen LogP contribution in [-0.2, 0) is 12.4 Å². The molecule has 1 saturated heterocycles. The first-order chi connectivity index (χ1) is 10.1. The topological polar surface area (TPSA) is 38.9 Å². The summed E-state index contributed by atoms with van der Waals surface area (Å²) < 4.78 is 4.43. The van der Waals surface area contributed by atoms with Gasteiger partial charge in [-0.3, -0.25) is 0 Å². The molecule has 116 valence electrons. The van der Waals surface area contributed by atoms with Gasteiger partial charge in [-0.1, -0.05) is 6.92 Å². The summed E-state index contributed by atoms with van der Waals surface area (Å²) in [6.07, 6.45) is 1.14. The van der Waals surface area contributed by atoms with Crippen molar-refractivity contribution in [1.29, 1.82) is 0 Å². The lowest BCUT2D eigenvalue weighted by Crippen LogP contribution is -2.38. The van der Waals surface area contributed by atoms with Gasteiger partial charge < -0.3 is 9.47 Å². The summed E-state index contributed by atoms with van der Waals surface area (Å²) in [5.74, 6) is 2.02. The molecule has 0 bridgehead atoms. The number of hydrogen-bond acceptors (Lipinski definition) is 3. The average molecular weight is 310 g/mol. The van der Waals surface area contributed by atoms with Crippen LogP contribution in [0.2, 0.25) is 0 Å². The van der Waals surface area contributed by atoms with E-state index in [1.54, 1.807) is 0 Å². The first-order valence-electron chi connectivity index (χ1n) is 7.75. The Labute approximate surface area is 130 Å².